The predicted molar refractivity (Wildman–Crippen MR) is 60.5 cm³/mol. The fourth-order valence-corrected chi connectivity index (χ4v) is 1.65. The van der Waals surface area contributed by atoms with Gasteiger partial charge in [0.1, 0.15) is 0 Å². The molecule has 1 saturated heterocycles. The summed E-state index contributed by atoms with van der Waals surface area (Å²) in [5.74, 6) is 0. The van der Waals surface area contributed by atoms with Gasteiger partial charge in [0.2, 0.25) is 0 Å². The molecule has 0 aliphatic carbocycles. The van der Waals surface area contributed by atoms with Crippen LogP contribution in [0.25, 0.3) is 6.08 Å². The van der Waals surface area contributed by atoms with Gasteiger partial charge in [0, 0.05) is 24.5 Å². The molecule has 0 bridgehead atoms. The first-order valence-electron chi connectivity index (χ1n) is 5.26. The van der Waals surface area contributed by atoms with Gasteiger partial charge in [-0.15, -0.1) is 0 Å². The first-order valence-corrected chi connectivity index (χ1v) is 5.26. The third kappa shape index (κ3) is 3.15. The summed E-state index contributed by atoms with van der Waals surface area (Å²) in [4.78, 5) is 3.98. The van der Waals surface area contributed by atoms with Gasteiger partial charge in [-0.1, -0.05) is 12.2 Å². The molecular formula is C12H16N2O. The number of nitrogens with one attached hydrogen (secondary N) is 1. The van der Waals surface area contributed by atoms with Gasteiger partial charge in [-0.25, -0.2) is 0 Å². The van der Waals surface area contributed by atoms with Gasteiger partial charge in [-0.2, -0.15) is 0 Å². The highest BCUT2D eigenvalue weighted by Crippen LogP contribution is 2.04. The van der Waals surface area contributed by atoms with Crippen molar-refractivity contribution in [1.29, 1.82) is 0 Å². The summed E-state index contributed by atoms with van der Waals surface area (Å²) in [6.07, 6.45) is 7.84. The van der Waals surface area contributed by atoms with Crippen LogP contribution >= 0.6 is 0 Å². The number of nitrogens with zero attached hydrogens (tertiary/aromatic N) is 1. The van der Waals surface area contributed by atoms with Gasteiger partial charge in [0.15, 0.2) is 0 Å². The van der Waals surface area contributed by atoms with Crippen molar-refractivity contribution in [3.05, 3.63) is 36.2 Å². The Kier molecular flexibility index (Phi) is 3.48. The Labute approximate surface area is 90.2 Å². The molecule has 3 heteroatoms. The fraction of sp³-hybridized carbons (Fsp3) is 0.417. The van der Waals surface area contributed by atoms with Crippen molar-refractivity contribution in [2.24, 2.45) is 0 Å². The van der Waals surface area contributed by atoms with Gasteiger partial charge in [0.25, 0.3) is 0 Å². The third-order valence-electron chi connectivity index (χ3n) is 2.39. The molecule has 0 radical (unpaired) electrons. The molecule has 0 amide bonds. The number of aromatic nitrogens is 1. The predicted octanol–water partition coefficient (Wildman–Crippen LogP) is 1.47. The summed E-state index contributed by atoms with van der Waals surface area (Å²) in [6, 6.07) is 4.74. The minimum absolute atomic E-state index is 0.321. The van der Waals surface area contributed by atoms with E-state index in [0.717, 1.165) is 13.2 Å². The lowest BCUT2D eigenvalue weighted by atomic mass is 10.1. The van der Waals surface area contributed by atoms with E-state index in [1.807, 2.05) is 12.1 Å². The Hall–Kier alpha value is -1.19. The van der Waals surface area contributed by atoms with Gasteiger partial charge >= 0.3 is 0 Å². The van der Waals surface area contributed by atoms with Crippen LogP contribution in [-0.2, 0) is 4.74 Å². The summed E-state index contributed by atoms with van der Waals surface area (Å²) >= 11 is 0. The molecule has 1 aromatic heterocycles. The highest BCUT2D eigenvalue weighted by atomic mass is 16.5. The molecule has 80 valence electrons. The first-order chi connectivity index (χ1) is 7.34. The maximum Gasteiger partial charge on any atom is 0.0656 e. The number of morpholine rings is 1. The smallest absolute Gasteiger partial charge is 0.0656 e. The zero-order valence-corrected chi connectivity index (χ0v) is 8.89. The minimum atomic E-state index is 0.321. The van der Waals surface area contributed by atoms with E-state index in [2.05, 4.69) is 29.4 Å². The van der Waals surface area contributed by atoms with Crippen molar-refractivity contribution in [3.63, 3.8) is 0 Å². The molecule has 2 unspecified atom stereocenters. The quantitative estimate of drug-likeness (QED) is 0.792. The molecule has 0 aromatic carbocycles. The summed E-state index contributed by atoms with van der Waals surface area (Å²) in [6.45, 7) is 3.69. The SMILES string of the molecule is CC1COCC(/C=C/c2ccncc2)N1. The monoisotopic (exact) mass is 204 g/mol. The Morgan fingerprint density at radius 3 is 2.93 bits per heavy atom. The van der Waals surface area contributed by atoms with Crippen molar-refractivity contribution in [3.8, 4) is 0 Å². The van der Waals surface area contributed by atoms with Crippen LogP contribution in [0.15, 0.2) is 30.6 Å². The van der Waals surface area contributed by atoms with Crippen LogP contribution in [0.3, 0.4) is 0 Å². The van der Waals surface area contributed by atoms with Gasteiger partial charge in [-0.05, 0) is 24.6 Å². The van der Waals surface area contributed by atoms with Crippen molar-refractivity contribution in [2.45, 2.75) is 19.0 Å². The van der Waals surface area contributed by atoms with Crippen LogP contribution in [0.1, 0.15) is 12.5 Å². The van der Waals surface area contributed by atoms with E-state index >= 15 is 0 Å². The van der Waals surface area contributed by atoms with Crippen molar-refractivity contribution < 1.29 is 4.74 Å². The second-order valence-electron chi connectivity index (χ2n) is 3.85. The van der Waals surface area contributed by atoms with E-state index in [-0.39, 0.29) is 0 Å². The lowest BCUT2D eigenvalue weighted by Gasteiger charge is -2.26. The largest absolute Gasteiger partial charge is 0.378 e. The van der Waals surface area contributed by atoms with Gasteiger partial charge in [0.05, 0.1) is 13.2 Å². The normalized spacial score (nSPS) is 27.0. The number of pyridine rings is 1. The Morgan fingerprint density at radius 2 is 2.20 bits per heavy atom. The highest BCUT2D eigenvalue weighted by molar-refractivity contribution is 5.48. The van der Waals surface area contributed by atoms with E-state index in [9.17, 15) is 0 Å². The second kappa shape index (κ2) is 5.05. The highest BCUT2D eigenvalue weighted by Gasteiger charge is 2.14. The summed E-state index contributed by atoms with van der Waals surface area (Å²) in [5, 5.41) is 3.46. The van der Waals surface area contributed by atoms with Gasteiger partial charge in [-0.3, -0.25) is 4.98 Å². The fourth-order valence-electron chi connectivity index (χ4n) is 1.65. The summed E-state index contributed by atoms with van der Waals surface area (Å²) in [5.41, 5.74) is 1.17. The van der Waals surface area contributed by atoms with Crippen LogP contribution in [0.2, 0.25) is 0 Å². The Morgan fingerprint density at radius 1 is 1.40 bits per heavy atom. The topological polar surface area (TPSA) is 34.1 Å². The molecule has 1 aliphatic heterocycles. The Bertz CT molecular complexity index is 324. The van der Waals surface area contributed by atoms with Crippen LogP contribution in [0.4, 0.5) is 0 Å². The lowest BCUT2D eigenvalue weighted by molar-refractivity contribution is 0.0637. The molecule has 2 rings (SSSR count). The summed E-state index contributed by atoms with van der Waals surface area (Å²) < 4.78 is 5.46. The number of hydrogen-bond acceptors (Lipinski definition) is 3. The van der Waals surface area contributed by atoms with E-state index in [4.69, 9.17) is 4.74 Å². The molecule has 15 heavy (non-hydrogen) atoms. The van der Waals surface area contributed by atoms with Gasteiger partial charge < -0.3 is 10.1 Å². The molecule has 3 nitrogen and oxygen atoms in total. The minimum Gasteiger partial charge on any atom is -0.378 e. The van der Waals surface area contributed by atoms with Crippen LogP contribution in [-0.4, -0.2) is 30.3 Å². The zero-order chi connectivity index (χ0) is 10.5. The third-order valence-corrected chi connectivity index (χ3v) is 2.39. The van der Waals surface area contributed by atoms with Crippen LogP contribution in [0, 0.1) is 0 Å². The average molecular weight is 204 g/mol. The summed E-state index contributed by atoms with van der Waals surface area (Å²) in [7, 11) is 0. The number of hydrogen-bond donors (Lipinski definition) is 1. The molecule has 2 heterocycles. The molecule has 0 spiro atoms. The number of rotatable bonds is 2. The molecule has 1 N–H and O–H groups in total. The van der Waals surface area contributed by atoms with E-state index < -0.39 is 0 Å². The Balaban J connectivity index is 1.93. The maximum atomic E-state index is 5.46. The van der Waals surface area contributed by atoms with Crippen molar-refractivity contribution >= 4 is 6.08 Å². The van der Waals surface area contributed by atoms with Crippen LogP contribution in [0.5, 0.6) is 0 Å². The molecule has 0 saturated carbocycles. The average Bonchev–Trinajstić information content (AvgIpc) is 2.28. The van der Waals surface area contributed by atoms with E-state index in [0.29, 0.717) is 12.1 Å². The molecule has 1 aromatic rings. The standard InChI is InChI=1S/C12H16N2O/c1-10-8-15-9-12(14-10)3-2-11-4-6-13-7-5-11/h2-7,10,12,14H,8-9H2,1H3/b3-2+. The van der Waals surface area contributed by atoms with Crippen LogP contribution < -0.4 is 5.32 Å². The molecule has 2 atom stereocenters. The van der Waals surface area contributed by atoms with Crippen molar-refractivity contribution in [2.75, 3.05) is 13.2 Å². The lowest BCUT2D eigenvalue weighted by Crippen LogP contribution is -2.46. The maximum absolute atomic E-state index is 5.46. The van der Waals surface area contributed by atoms with E-state index in [1.165, 1.54) is 5.56 Å². The number of ether oxygens (including phenoxy) is 1. The first kappa shape index (κ1) is 10.3. The van der Waals surface area contributed by atoms with E-state index in [1.54, 1.807) is 12.4 Å². The van der Waals surface area contributed by atoms with Crippen molar-refractivity contribution in [1.82, 2.24) is 10.3 Å². The zero-order valence-electron chi connectivity index (χ0n) is 8.89. The molecule has 1 aliphatic rings. The molecular weight excluding hydrogens is 188 g/mol. The second-order valence-corrected chi connectivity index (χ2v) is 3.85. The molecule has 1 fully saturated rings.